The van der Waals surface area contributed by atoms with Gasteiger partial charge in [-0.15, -0.1) is 0 Å². The fourth-order valence-corrected chi connectivity index (χ4v) is 2.71. The molecule has 1 unspecified atom stereocenters. The van der Waals surface area contributed by atoms with Crippen molar-refractivity contribution in [3.05, 3.63) is 30.1 Å². The predicted molar refractivity (Wildman–Crippen MR) is 81.8 cm³/mol. The molecule has 0 saturated carbocycles. The first-order valence-corrected chi connectivity index (χ1v) is 7.68. The second kappa shape index (κ2) is 8.10. The van der Waals surface area contributed by atoms with Crippen LogP contribution in [0.2, 0.25) is 0 Å². The minimum Gasteiger partial charge on any atom is -0.372 e. The lowest BCUT2D eigenvalue weighted by Gasteiger charge is -2.32. The summed E-state index contributed by atoms with van der Waals surface area (Å²) in [4.78, 5) is 18.7. The molecular weight excluding hydrogens is 266 g/mol. The molecule has 2 heterocycles. The van der Waals surface area contributed by atoms with Crippen LogP contribution >= 0.6 is 0 Å². The van der Waals surface area contributed by atoms with E-state index in [1.807, 2.05) is 25.3 Å². The molecule has 1 atom stereocenters. The first-order chi connectivity index (χ1) is 10.2. The van der Waals surface area contributed by atoms with Crippen LogP contribution in [-0.2, 0) is 16.1 Å². The third-order valence-corrected chi connectivity index (χ3v) is 3.99. The molecule has 1 aromatic rings. The number of hydrogen-bond donors (Lipinski definition) is 1. The minimum absolute atomic E-state index is 0.0168. The fourth-order valence-electron chi connectivity index (χ4n) is 2.71. The zero-order valence-electron chi connectivity index (χ0n) is 12.9. The van der Waals surface area contributed by atoms with Crippen molar-refractivity contribution in [1.82, 2.24) is 15.2 Å². The number of nitrogens with zero attached hydrogens (tertiary/aromatic N) is 2. The van der Waals surface area contributed by atoms with Crippen molar-refractivity contribution in [3.63, 3.8) is 0 Å². The van der Waals surface area contributed by atoms with Crippen molar-refractivity contribution in [3.8, 4) is 0 Å². The molecule has 1 saturated heterocycles. The van der Waals surface area contributed by atoms with E-state index in [2.05, 4.69) is 21.3 Å². The Labute approximate surface area is 126 Å². The summed E-state index contributed by atoms with van der Waals surface area (Å²) in [6.45, 7) is 4.83. The molecule has 0 aromatic carbocycles. The Bertz CT molecular complexity index is 426. The summed E-state index contributed by atoms with van der Waals surface area (Å²) >= 11 is 0. The van der Waals surface area contributed by atoms with E-state index in [1.165, 1.54) is 0 Å². The first-order valence-electron chi connectivity index (χ1n) is 7.68. The topological polar surface area (TPSA) is 54.5 Å². The number of ether oxygens (including phenoxy) is 1. The normalized spacial score (nSPS) is 18.4. The summed E-state index contributed by atoms with van der Waals surface area (Å²) in [6, 6.07) is 6.27. The van der Waals surface area contributed by atoms with E-state index >= 15 is 0 Å². The van der Waals surface area contributed by atoms with E-state index in [4.69, 9.17) is 4.74 Å². The Kier molecular flexibility index (Phi) is 6.14. The van der Waals surface area contributed by atoms with Gasteiger partial charge in [0.2, 0.25) is 5.91 Å². The summed E-state index contributed by atoms with van der Waals surface area (Å²) in [5.41, 5.74) is 1.10. The fraction of sp³-hybridized carbons (Fsp3) is 0.625. The highest BCUT2D eigenvalue weighted by Gasteiger charge is 2.23. The van der Waals surface area contributed by atoms with Gasteiger partial charge in [-0.25, -0.2) is 0 Å². The van der Waals surface area contributed by atoms with Crippen LogP contribution in [0.25, 0.3) is 0 Å². The Balaban J connectivity index is 1.74. The third-order valence-electron chi connectivity index (χ3n) is 3.99. The van der Waals surface area contributed by atoms with E-state index in [0.717, 1.165) is 38.2 Å². The number of nitrogens with one attached hydrogen (secondary N) is 1. The number of amides is 1. The van der Waals surface area contributed by atoms with Crippen molar-refractivity contribution in [2.75, 3.05) is 20.2 Å². The number of methoxy groups -OCH3 is 1. The molecule has 1 amide bonds. The predicted octanol–water partition coefficient (Wildman–Crippen LogP) is 1.59. The number of piperidine rings is 1. The average molecular weight is 291 g/mol. The maximum absolute atomic E-state index is 12.0. The molecule has 21 heavy (non-hydrogen) atoms. The number of rotatable bonds is 6. The zero-order chi connectivity index (χ0) is 15.1. The van der Waals surface area contributed by atoms with Crippen LogP contribution < -0.4 is 5.32 Å². The minimum atomic E-state index is -0.323. The number of hydrogen-bond acceptors (Lipinski definition) is 4. The number of pyridine rings is 1. The zero-order valence-corrected chi connectivity index (χ0v) is 12.9. The van der Waals surface area contributed by atoms with Gasteiger partial charge in [-0.2, -0.15) is 0 Å². The van der Waals surface area contributed by atoms with E-state index in [1.54, 1.807) is 7.11 Å². The quantitative estimate of drug-likeness (QED) is 0.865. The molecule has 1 aromatic heterocycles. The Hall–Kier alpha value is -1.46. The maximum atomic E-state index is 12.0. The van der Waals surface area contributed by atoms with Crippen molar-refractivity contribution in [2.45, 2.75) is 44.9 Å². The molecule has 2 rings (SSSR count). The van der Waals surface area contributed by atoms with E-state index < -0.39 is 0 Å². The molecule has 0 radical (unpaired) electrons. The van der Waals surface area contributed by atoms with Crippen LogP contribution in [0.15, 0.2) is 24.4 Å². The van der Waals surface area contributed by atoms with Crippen LogP contribution in [0, 0.1) is 0 Å². The maximum Gasteiger partial charge on any atom is 0.249 e. The van der Waals surface area contributed by atoms with Gasteiger partial charge in [0.05, 0.1) is 5.69 Å². The Morgan fingerprint density at radius 2 is 2.24 bits per heavy atom. The van der Waals surface area contributed by atoms with Gasteiger partial charge in [-0.05, 0) is 31.4 Å². The van der Waals surface area contributed by atoms with Crippen molar-refractivity contribution < 1.29 is 9.53 Å². The first kappa shape index (κ1) is 15.9. The summed E-state index contributed by atoms with van der Waals surface area (Å²) < 4.78 is 5.17. The summed E-state index contributed by atoms with van der Waals surface area (Å²) in [6.07, 6.45) is 4.19. The number of carbonyl (C=O) groups is 1. The molecule has 116 valence electrons. The van der Waals surface area contributed by atoms with Gasteiger partial charge >= 0.3 is 0 Å². The highest BCUT2D eigenvalue weighted by molar-refractivity contribution is 5.80. The van der Waals surface area contributed by atoms with Gasteiger partial charge in [0.25, 0.3) is 0 Å². The SMILES string of the molecule is CCC(OC)C(=O)NC1CCN(Cc2ccccn2)CC1. The molecule has 1 aliphatic heterocycles. The highest BCUT2D eigenvalue weighted by atomic mass is 16.5. The van der Waals surface area contributed by atoms with Crippen LogP contribution in [0.3, 0.4) is 0 Å². The molecule has 1 aliphatic rings. The molecule has 5 nitrogen and oxygen atoms in total. The monoisotopic (exact) mass is 291 g/mol. The van der Waals surface area contributed by atoms with Crippen LogP contribution in [0.1, 0.15) is 31.9 Å². The second-order valence-electron chi connectivity index (χ2n) is 5.51. The average Bonchev–Trinajstić information content (AvgIpc) is 2.51. The van der Waals surface area contributed by atoms with Crippen LogP contribution in [0.5, 0.6) is 0 Å². The van der Waals surface area contributed by atoms with E-state index in [9.17, 15) is 4.79 Å². The van der Waals surface area contributed by atoms with Crippen molar-refractivity contribution in [2.24, 2.45) is 0 Å². The second-order valence-corrected chi connectivity index (χ2v) is 5.51. The summed E-state index contributed by atoms with van der Waals surface area (Å²) in [7, 11) is 1.59. The van der Waals surface area contributed by atoms with Crippen LogP contribution in [-0.4, -0.2) is 48.1 Å². The molecule has 1 N–H and O–H groups in total. The van der Waals surface area contributed by atoms with Gasteiger partial charge in [-0.1, -0.05) is 13.0 Å². The number of likely N-dealkylation sites (tertiary alicyclic amines) is 1. The smallest absolute Gasteiger partial charge is 0.249 e. The summed E-state index contributed by atoms with van der Waals surface area (Å²) in [5, 5.41) is 3.10. The molecule has 0 spiro atoms. The Morgan fingerprint density at radius 1 is 1.48 bits per heavy atom. The number of aromatic nitrogens is 1. The lowest BCUT2D eigenvalue weighted by molar-refractivity contribution is -0.132. The summed E-state index contributed by atoms with van der Waals surface area (Å²) in [5.74, 6) is 0.0168. The van der Waals surface area contributed by atoms with Gasteiger partial charge in [-0.3, -0.25) is 14.7 Å². The molecule has 5 heteroatoms. The lowest BCUT2D eigenvalue weighted by Crippen LogP contribution is -2.47. The van der Waals surface area contributed by atoms with E-state index in [-0.39, 0.29) is 18.1 Å². The number of carbonyl (C=O) groups excluding carboxylic acids is 1. The van der Waals surface area contributed by atoms with Gasteiger partial charge in [0.1, 0.15) is 6.10 Å². The standard InChI is InChI=1S/C16H25N3O2/c1-3-15(21-2)16(20)18-13-7-10-19(11-8-13)12-14-6-4-5-9-17-14/h4-6,9,13,15H,3,7-8,10-12H2,1-2H3,(H,18,20). The van der Waals surface area contributed by atoms with Crippen molar-refractivity contribution in [1.29, 1.82) is 0 Å². The molecular formula is C16H25N3O2. The van der Waals surface area contributed by atoms with Crippen molar-refractivity contribution >= 4 is 5.91 Å². The van der Waals surface area contributed by atoms with Gasteiger partial charge in [0.15, 0.2) is 0 Å². The van der Waals surface area contributed by atoms with E-state index in [0.29, 0.717) is 6.42 Å². The van der Waals surface area contributed by atoms with Crippen LogP contribution in [0.4, 0.5) is 0 Å². The molecule has 0 bridgehead atoms. The van der Waals surface area contributed by atoms with Gasteiger partial charge < -0.3 is 10.1 Å². The molecule has 1 fully saturated rings. The largest absolute Gasteiger partial charge is 0.372 e. The van der Waals surface area contributed by atoms with Gasteiger partial charge in [0, 0.05) is 39.0 Å². The molecule has 0 aliphatic carbocycles. The highest BCUT2D eigenvalue weighted by Crippen LogP contribution is 2.13. The lowest BCUT2D eigenvalue weighted by atomic mass is 10.0. The third kappa shape index (κ3) is 4.79. The Morgan fingerprint density at radius 3 is 2.81 bits per heavy atom.